The van der Waals surface area contributed by atoms with Crippen LogP contribution >= 0.6 is 0 Å². The van der Waals surface area contributed by atoms with Gasteiger partial charge in [-0.1, -0.05) is 0 Å². The first-order chi connectivity index (χ1) is 8.06. The summed E-state index contributed by atoms with van der Waals surface area (Å²) in [6.07, 6.45) is 0.490. The third-order valence-corrected chi connectivity index (χ3v) is 3.58. The minimum atomic E-state index is -1.70. The number of benzene rings is 1. The summed E-state index contributed by atoms with van der Waals surface area (Å²) in [5, 5.41) is 0. The van der Waals surface area contributed by atoms with Gasteiger partial charge in [-0.15, -0.1) is 0 Å². The summed E-state index contributed by atoms with van der Waals surface area (Å²) in [5.74, 6) is -1.56. The van der Waals surface area contributed by atoms with E-state index in [1.54, 1.807) is 0 Å². The van der Waals surface area contributed by atoms with Gasteiger partial charge < -0.3 is 10.5 Å². The fraction of sp³-hybridized carbons (Fsp3) is 0.455. The number of nitrogens with two attached hydrogens (primary N) is 1. The molecule has 0 aliphatic rings. The standard InChI is InChI=1S/C11H15F2NO2S/c1-2-16-4-3-5-17(15)11-9(12)6-8(14)7-10(11)13/h6-7H,2-5,14H2,1H3. The van der Waals surface area contributed by atoms with Crippen molar-refractivity contribution in [3.8, 4) is 0 Å². The van der Waals surface area contributed by atoms with Gasteiger partial charge in [0.15, 0.2) is 0 Å². The summed E-state index contributed by atoms with van der Waals surface area (Å²) in [5.41, 5.74) is 5.25. The summed E-state index contributed by atoms with van der Waals surface area (Å²) >= 11 is 0. The van der Waals surface area contributed by atoms with Crippen molar-refractivity contribution >= 4 is 16.5 Å². The van der Waals surface area contributed by atoms with Crippen LogP contribution in [0, 0.1) is 11.6 Å². The topological polar surface area (TPSA) is 52.3 Å². The van der Waals surface area contributed by atoms with Crippen molar-refractivity contribution in [2.45, 2.75) is 18.2 Å². The Kier molecular flexibility index (Phi) is 5.50. The molecule has 0 aliphatic carbocycles. The van der Waals surface area contributed by atoms with Gasteiger partial charge in [-0.05, 0) is 25.5 Å². The maximum Gasteiger partial charge on any atom is 0.144 e. The van der Waals surface area contributed by atoms with E-state index in [1.165, 1.54) is 0 Å². The lowest BCUT2D eigenvalue weighted by atomic mass is 10.3. The number of anilines is 1. The van der Waals surface area contributed by atoms with E-state index in [2.05, 4.69) is 0 Å². The van der Waals surface area contributed by atoms with Crippen LogP contribution in [0.1, 0.15) is 13.3 Å². The summed E-state index contributed by atoms with van der Waals surface area (Å²) in [6.45, 7) is 2.84. The second-order valence-electron chi connectivity index (χ2n) is 3.41. The van der Waals surface area contributed by atoms with Crippen molar-refractivity contribution in [2.24, 2.45) is 0 Å². The largest absolute Gasteiger partial charge is 0.399 e. The molecule has 3 nitrogen and oxygen atoms in total. The lowest BCUT2D eigenvalue weighted by molar-refractivity contribution is 0.149. The number of ether oxygens (including phenoxy) is 1. The van der Waals surface area contributed by atoms with Gasteiger partial charge in [0, 0.05) is 24.7 Å². The first-order valence-electron chi connectivity index (χ1n) is 5.27. The molecule has 0 fully saturated rings. The van der Waals surface area contributed by atoms with Crippen molar-refractivity contribution in [1.29, 1.82) is 0 Å². The monoisotopic (exact) mass is 263 g/mol. The highest BCUT2D eigenvalue weighted by Crippen LogP contribution is 2.20. The molecule has 96 valence electrons. The molecular formula is C11H15F2NO2S. The SMILES string of the molecule is CCOCCCS(=O)c1c(F)cc(N)cc1F. The Morgan fingerprint density at radius 2 is 1.94 bits per heavy atom. The van der Waals surface area contributed by atoms with E-state index in [4.69, 9.17) is 10.5 Å². The zero-order chi connectivity index (χ0) is 12.8. The molecule has 2 N–H and O–H groups in total. The van der Waals surface area contributed by atoms with Gasteiger partial charge in [-0.3, -0.25) is 4.21 Å². The van der Waals surface area contributed by atoms with Crippen LogP contribution in [0.5, 0.6) is 0 Å². The summed E-state index contributed by atoms with van der Waals surface area (Å²) in [4.78, 5) is -0.407. The lowest BCUT2D eigenvalue weighted by Crippen LogP contribution is -2.07. The van der Waals surface area contributed by atoms with Gasteiger partial charge in [0.1, 0.15) is 16.5 Å². The van der Waals surface area contributed by atoms with Crippen LogP contribution in [-0.2, 0) is 15.5 Å². The average molecular weight is 263 g/mol. The Morgan fingerprint density at radius 3 is 2.47 bits per heavy atom. The number of hydrogen-bond donors (Lipinski definition) is 1. The molecule has 1 aromatic rings. The van der Waals surface area contributed by atoms with Crippen LogP contribution in [0.4, 0.5) is 14.5 Å². The molecule has 0 aliphatic heterocycles. The van der Waals surface area contributed by atoms with Crippen molar-refractivity contribution in [3.63, 3.8) is 0 Å². The molecule has 0 saturated heterocycles. The summed E-state index contributed by atoms with van der Waals surface area (Å²) in [6, 6.07) is 1.94. The van der Waals surface area contributed by atoms with Crippen molar-refractivity contribution < 1.29 is 17.7 Å². The molecular weight excluding hydrogens is 248 g/mol. The molecule has 0 spiro atoms. The van der Waals surface area contributed by atoms with E-state index in [0.29, 0.717) is 19.6 Å². The highest BCUT2D eigenvalue weighted by Gasteiger charge is 2.16. The van der Waals surface area contributed by atoms with Crippen LogP contribution < -0.4 is 5.73 Å². The fourth-order valence-electron chi connectivity index (χ4n) is 1.34. The zero-order valence-electron chi connectivity index (χ0n) is 9.54. The number of halogens is 2. The molecule has 1 rings (SSSR count). The minimum absolute atomic E-state index is 0.0185. The molecule has 0 radical (unpaired) electrons. The zero-order valence-corrected chi connectivity index (χ0v) is 10.4. The van der Waals surface area contributed by atoms with E-state index in [-0.39, 0.29) is 11.4 Å². The molecule has 1 unspecified atom stereocenters. The first kappa shape index (κ1) is 14.1. The average Bonchev–Trinajstić information content (AvgIpc) is 2.23. The van der Waals surface area contributed by atoms with E-state index in [0.717, 1.165) is 12.1 Å². The maximum absolute atomic E-state index is 13.4. The van der Waals surface area contributed by atoms with Gasteiger partial charge >= 0.3 is 0 Å². The normalized spacial score (nSPS) is 12.6. The van der Waals surface area contributed by atoms with Crippen LogP contribution in [0.25, 0.3) is 0 Å². The Labute approximate surface area is 101 Å². The van der Waals surface area contributed by atoms with Gasteiger partial charge in [0.25, 0.3) is 0 Å². The number of hydrogen-bond acceptors (Lipinski definition) is 3. The van der Waals surface area contributed by atoms with Crippen LogP contribution in [-0.4, -0.2) is 23.2 Å². The molecule has 0 saturated carbocycles. The van der Waals surface area contributed by atoms with Gasteiger partial charge in [-0.2, -0.15) is 0 Å². The van der Waals surface area contributed by atoms with Gasteiger partial charge in [0.2, 0.25) is 0 Å². The molecule has 1 aromatic carbocycles. The van der Waals surface area contributed by atoms with Crippen LogP contribution in [0.3, 0.4) is 0 Å². The Balaban J connectivity index is 2.69. The summed E-state index contributed by atoms with van der Waals surface area (Å²) < 4.78 is 43.5. The Morgan fingerprint density at radius 1 is 1.35 bits per heavy atom. The van der Waals surface area contributed by atoms with Crippen LogP contribution in [0.15, 0.2) is 17.0 Å². The molecule has 0 heterocycles. The van der Waals surface area contributed by atoms with E-state index in [9.17, 15) is 13.0 Å². The fourth-order valence-corrected chi connectivity index (χ4v) is 2.47. The third kappa shape index (κ3) is 4.05. The van der Waals surface area contributed by atoms with Crippen molar-refractivity contribution in [2.75, 3.05) is 24.7 Å². The molecule has 0 aromatic heterocycles. The van der Waals surface area contributed by atoms with E-state index >= 15 is 0 Å². The summed E-state index contributed by atoms with van der Waals surface area (Å²) in [7, 11) is -1.70. The van der Waals surface area contributed by atoms with Crippen molar-refractivity contribution in [1.82, 2.24) is 0 Å². The third-order valence-electron chi connectivity index (χ3n) is 2.07. The smallest absolute Gasteiger partial charge is 0.144 e. The second-order valence-corrected chi connectivity index (χ2v) is 4.92. The predicted molar refractivity (Wildman–Crippen MR) is 63.2 cm³/mol. The second kappa shape index (κ2) is 6.66. The first-order valence-corrected chi connectivity index (χ1v) is 6.58. The van der Waals surface area contributed by atoms with Crippen LogP contribution in [0.2, 0.25) is 0 Å². The molecule has 17 heavy (non-hydrogen) atoms. The highest BCUT2D eigenvalue weighted by atomic mass is 32.2. The molecule has 1 atom stereocenters. The number of rotatable bonds is 6. The van der Waals surface area contributed by atoms with Gasteiger partial charge in [0.05, 0.1) is 10.8 Å². The molecule has 0 bridgehead atoms. The van der Waals surface area contributed by atoms with E-state index in [1.807, 2.05) is 6.92 Å². The Hall–Kier alpha value is -1.01. The maximum atomic E-state index is 13.4. The molecule has 6 heteroatoms. The highest BCUT2D eigenvalue weighted by molar-refractivity contribution is 7.85. The Bertz CT molecular complexity index is 389. The van der Waals surface area contributed by atoms with Gasteiger partial charge in [-0.25, -0.2) is 8.78 Å². The minimum Gasteiger partial charge on any atom is -0.399 e. The quantitative estimate of drug-likeness (QED) is 0.631. The predicted octanol–water partition coefficient (Wildman–Crippen LogP) is 2.08. The number of nitrogen functional groups attached to an aromatic ring is 1. The van der Waals surface area contributed by atoms with E-state index < -0.39 is 27.3 Å². The lowest BCUT2D eigenvalue weighted by Gasteiger charge is -2.06. The van der Waals surface area contributed by atoms with Crippen molar-refractivity contribution in [3.05, 3.63) is 23.8 Å². The molecule has 0 amide bonds.